The van der Waals surface area contributed by atoms with Crippen LogP contribution in [0.3, 0.4) is 0 Å². The number of nitrogen functional groups attached to an aromatic ring is 1. The van der Waals surface area contributed by atoms with Gasteiger partial charge >= 0.3 is 6.61 Å². The van der Waals surface area contributed by atoms with Crippen molar-refractivity contribution in [1.29, 1.82) is 0 Å². The number of hydrogen-bond acceptors (Lipinski definition) is 4. The predicted octanol–water partition coefficient (Wildman–Crippen LogP) is 2.63. The molecule has 0 bridgehead atoms. The fourth-order valence-corrected chi connectivity index (χ4v) is 1.65. The van der Waals surface area contributed by atoms with Crippen molar-refractivity contribution in [2.75, 3.05) is 5.73 Å². The summed E-state index contributed by atoms with van der Waals surface area (Å²) in [6.07, 6.45) is 1.23. The molecule has 22 heavy (non-hydrogen) atoms. The molecule has 114 valence electrons. The molecule has 0 aliphatic heterocycles. The number of nitrogens with one attached hydrogen (secondary N) is 1. The maximum atomic E-state index is 12.3. The molecule has 0 saturated carbocycles. The molecule has 0 saturated heterocycles. The summed E-state index contributed by atoms with van der Waals surface area (Å²) in [6, 6.07) is 12.4. The number of rotatable bonds is 5. The van der Waals surface area contributed by atoms with Gasteiger partial charge in [0.15, 0.2) is 0 Å². The summed E-state index contributed by atoms with van der Waals surface area (Å²) < 4.78 is 28.9. The van der Waals surface area contributed by atoms with E-state index in [0.717, 1.165) is 0 Å². The number of amides is 1. The fraction of sp³-hybridized carbons (Fsp3) is 0.0667. The van der Waals surface area contributed by atoms with Crippen LogP contribution >= 0.6 is 0 Å². The highest BCUT2D eigenvalue weighted by molar-refractivity contribution is 5.95. The van der Waals surface area contributed by atoms with E-state index in [0.29, 0.717) is 16.8 Å². The van der Waals surface area contributed by atoms with Gasteiger partial charge in [-0.25, -0.2) is 5.43 Å². The quantitative estimate of drug-likeness (QED) is 0.506. The van der Waals surface area contributed by atoms with Gasteiger partial charge in [0.05, 0.1) is 6.21 Å². The monoisotopic (exact) mass is 305 g/mol. The van der Waals surface area contributed by atoms with Crippen LogP contribution in [-0.2, 0) is 0 Å². The molecule has 0 aromatic heterocycles. The molecule has 0 spiro atoms. The first-order valence-corrected chi connectivity index (χ1v) is 6.29. The van der Waals surface area contributed by atoms with Gasteiger partial charge in [-0.2, -0.15) is 13.9 Å². The first-order valence-electron chi connectivity index (χ1n) is 6.29. The molecule has 7 heteroatoms. The lowest BCUT2D eigenvalue weighted by Gasteiger charge is -2.07. The summed E-state index contributed by atoms with van der Waals surface area (Å²) in [7, 11) is 0. The van der Waals surface area contributed by atoms with E-state index < -0.39 is 12.5 Å². The average Bonchev–Trinajstić information content (AvgIpc) is 2.49. The molecular weight excluding hydrogens is 292 g/mol. The second kappa shape index (κ2) is 7.16. The van der Waals surface area contributed by atoms with Gasteiger partial charge in [0.2, 0.25) is 0 Å². The van der Waals surface area contributed by atoms with Crippen LogP contribution in [0.5, 0.6) is 5.75 Å². The van der Waals surface area contributed by atoms with Crippen molar-refractivity contribution >= 4 is 17.8 Å². The summed E-state index contributed by atoms with van der Waals surface area (Å²) in [6.45, 7) is -2.93. The number of carbonyl (C=O) groups excluding carboxylic acids is 1. The number of hydrogen-bond donors (Lipinski definition) is 2. The number of nitrogens with zero attached hydrogens (tertiary/aromatic N) is 1. The van der Waals surface area contributed by atoms with Crippen molar-refractivity contribution in [3.63, 3.8) is 0 Å². The molecule has 2 aromatic carbocycles. The first kappa shape index (κ1) is 15.4. The molecule has 0 fully saturated rings. The maximum Gasteiger partial charge on any atom is 0.387 e. The lowest BCUT2D eigenvalue weighted by atomic mass is 10.2. The highest BCUT2D eigenvalue weighted by Crippen LogP contribution is 2.18. The minimum Gasteiger partial charge on any atom is -0.434 e. The standard InChI is InChI=1S/C15H13F2N3O2/c16-15(17)22-13-4-2-1-3-11(13)9-19-20-14(21)10-5-7-12(18)8-6-10/h1-9,15H,18H2,(H,20,21)/b19-9-. The number of ether oxygens (including phenoxy) is 1. The van der Waals surface area contributed by atoms with E-state index in [9.17, 15) is 13.6 Å². The Morgan fingerprint density at radius 1 is 1.18 bits per heavy atom. The number of anilines is 1. The topological polar surface area (TPSA) is 76.7 Å². The van der Waals surface area contributed by atoms with Gasteiger partial charge in [-0.15, -0.1) is 0 Å². The Hall–Kier alpha value is -2.96. The molecule has 1 amide bonds. The third-order valence-electron chi connectivity index (χ3n) is 2.68. The van der Waals surface area contributed by atoms with E-state index in [1.165, 1.54) is 18.3 Å². The molecule has 0 radical (unpaired) electrons. The van der Waals surface area contributed by atoms with E-state index >= 15 is 0 Å². The van der Waals surface area contributed by atoms with Crippen molar-refractivity contribution in [3.8, 4) is 5.75 Å². The highest BCUT2D eigenvalue weighted by Gasteiger charge is 2.08. The van der Waals surface area contributed by atoms with E-state index in [4.69, 9.17) is 5.73 Å². The van der Waals surface area contributed by atoms with Gasteiger partial charge in [-0.1, -0.05) is 12.1 Å². The lowest BCUT2D eigenvalue weighted by Crippen LogP contribution is -2.17. The minimum atomic E-state index is -2.93. The van der Waals surface area contributed by atoms with Gasteiger partial charge in [0.25, 0.3) is 5.91 Å². The molecule has 0 heterocycles. The summed E-state index contributed by atoms with van der Waals surface area (Å²) >= 11 is 0. The van der Waals surface area contributed by atoms with Gasteiger partial charge in [-0.3, -0.25) is 4.79 Å². The zero-order chi connectivity index (χ0) is 15.9. The number of hydrazone groups is 1. The molecule has 0 aliphatic carbocycles. The SMILES string of the molecule is Nc1ccc(C(=O)N/N=C\c2ccccc2OC(F)F)cc1. The summed E-state index contributed by atoms with van der Waals surface area (Å²) in [4.78, 5) is 11.8. The number of benzene rings is 2. The van der Waals surface area contributed by atoms with Gasteiger partial charge in [-0.05, 0) is 36.4 Å². The molecule has 2 aromatic rings. The molecule has 0 unspecified atom stereocenters. The fourth-order valence-electron chi connectivity index (χ4n) is 1.65. The zero-order valence-corrected chi connectivity index (χ0v) is 11.4. The Morgan fingerprint density at radius 2 is 1.86 bits per heavy atom. The van der Waals surface area contributed by atoms with E-state index in [1.807, 2.05) is 0 Å². The van der Waals surface area contributed by atoms with Crippen LogP contribution in [0.2, 0.25) is 0 Å². The van der Waals surface area contributed by atoms with E-state index in [2.05, 4.69) is 15.3 Å². The molecule has 0 atom stereocenters. The van der Waals surface area contributed by atoms with E-state index in [1.54, 1.807) is 36.4 Å². The largest absolute Gasteiger partial charge is 0.434 e. The second-order valence-corrected chi connectivity index (χ2v) is 4.24. The van der Waals surface area contributed by atoms with Crippen LogP contribution in [0.4, 0.5) is 14.5 Å². The van der Waals surface area contributed by atoms with Crippen molar-refractivity contribution in [2.45, 2.75) is 6.61 Å². The van der Waals surface area contributed by atoms with Crippen molar-refractivity contribution < 1.29 is 18.3 Å². The molecule has 0 aliphatic rings. The Labute approximate surface area is 125 Å². The Bertz CT molecular complexity index is 673. The summed E-state index contributed by atoms with van der Waals surface area (Å²) in [5, 5.41) is 3.73. The number of alkyl halides is 2. The van der Waals surface area contributed by atoms with Crippen LogP contribution in [0, 0.1) is 0 Å². The molecule has 2 rings (SSSR count). The normalized spacial score (nSPS) is 10.9. The number of carbonyl (C=O) groups is 1. The molecule has 5 nitrogen and oxygen atoms in total. The number of halogens is 2. The molecular formula is C15H13F2N3O2. The Balaban J connectivity index is 2.03. The van der Waals surface area contributed by atoms with Crippen molar-refractivity contribution in [2.24, 2.45) is 5.10 Å². The second-order valence-electron chi connectivity index (χ2n) is 4.24. The minimum absolute atomic E-state index is 0.0250. The maximum absolute atomic E-state index is 12.3. The van der Waals surface area contributed by atoms with E-state index in [-0.39, 0.29) is 5.75 Å². The van der Waals surface area contributed by atoms with Gasteiger partial charge < -0.3 is 10.5 Å². The van der Waals surface area contributed by atoms with Crippen LogP contribution in [0.15, 0.2) is 53.6 Å². The van der Waals surface area contributed by atoms with Crippen molar-refractivity contribution in [1.82, 2.24) is 5.43 Å². The highest BCUT2D eigenvalue weighted by atomic mass is 19.3. The van der Waals surface area contributed by atoms with Crippen molar-refractivity contribution in [3.05, 3.63) is 59.7 Å². The summed E-state index contributed by atoms with van der Waals surface area (Å²) in [5.74, 6) is -0.466. The lowest BCUT2D eigenvalue weighted by molar-refractivity contribution is -0.0499. The smallest absolute Gasteiger partial charge is 0.387 e. The number of para-hydroxylation sites is 1. The Kier molecular flexibility index (Phi) is 5.02. The first-order chi connectivity index (χ1) is 10.6. The third kappa shape index (κ3) is 4.27. The van der Waals surface area contributed by atoms with Crippen LogP contribution in [0.1, 0.15) is 15.9 Å². The van der Waals surface area contributed by atoms with Gasteiger partial charge in [0, 0.05) is 16.8 Å². The third-order valence-corrected chi connectivity index (χ3v) is 2.68. The van der Waals surface area contributed by atoms with Gasteiger partial charge in [0.1, 0.15) is 5.75 Å². The van der Waals surface area contributed by atoms with Crippen LogP contribution in [0.25, 0.3) is 0 Å². The molecule has 3 N–H and O–H groups in total. The van der Waals surface area contributed by atoms with Crippen LogP contribution in [-0.4, -0.2) is 18.7 Å². The summed E-state index contributed by atoms with van der Waals surface area (Å²) in [5.41, 5.74) is 9.05. The zero-order valence-electron chi connectivity index (χ0n) is 11.4. The van der Waals surface area contributed by atoms with Crippen LogP contribution < -0.4 is 15.9 Å². The average molecular weight is 305 g/mol. The Morgan fingerprint density at radius 3 is 2.55 bits per heavy atom. The number of nitrogens with two attached hydrogens (primary N) is 1. The predicted molar refractivity (Wildman–Crippen MR) is 79.0 cm³/mol.